The molecule has 84 valence electrons. The van der Waals surface area contributed by atoms with Crippen LogP contribution in [0, 0.1) is 5.82 Å². The molecule has 15 heavy (non-hydrogen) atoms. The molecule has 1 aromatic carbocycles. The zero-order valence-corrected chi connectivity index (χ0v) is 9.04. The minimum absolute atomic E-state index is 0.239. The van der Waals surface area contributed by atoms with Crippen LogP contribution in [-0.2, 0) is 6.42 Å². The molecule has 1 aromatic rings. The highest BCUT2D eigenvalue weighted by Gasteiger charge is 2.04. The monoisotopic (exact) mass is 211 g/mol. The van der Waals surface area contributed by atoms with Crippen LogP contribution in [0.2, 0.25) is 0 Å². The number of aliphatic hydroxyl groups is 1. The predicted molar refractivity (Wildman–Crippen MR) is 59.3 cm³/mol. The second kappa shape index (κ2) is 6.53. The Balaban J connectivity index is 2.31. The van der Waals surface area contributed by atoms with Crippen molar-refractivity contribution in [3.63, 3.8) is 0 Å². The van der Waals surface area contributed by atoms with E-state index in [4.69, 9.17) is 0 Å². The van der Waals surface area contributed by atoms with Crippen molar-refractivity contribution < 1.29 is 9.50 Å². The topological polar surface area (TPSA) is 32.3 Å². The van der Waals surface area contributed by atoms with E-state index in [2.05, 4.69) is 12.2 Å². The van der Waals surface area contributed by atoms with E-state index in [0.29, 0.717) is 13.0 Å². The fraction of sp³-hybridized carbons (Fsp3) is 0.500. The van der Waals surface area contributed by atoms with Crippen LogP contribution in [0.3, 0.4) is 0 Å². The maximum Gasteiger partial charge on any atom is 0.123 e. The maximum absolute atomic E-state index is 12.6. The van der Waals surface area contributed by atoms with Gasteiger partial charge in [-0.05, 0) is 37.1 Å². The minimum atomic E-state index is -0.401. The molecule has 0 saturated heterocycles. The maximum atomic E-state index is 12.6. The fourth-order valence-electron chi connectivity index (χ4n) is 1.41. The van der Waals surface area contributed by atoms with Crippen molar-refractivity contribution in [3.05, 3.63) is 35.6 Å². The van der Waals surface area contributed by atoms with Crippen molar-refractivity contribution in [3.8, 4) is 0 Å². The van der Waals surface area contributed by atoms with E-state index < -0.39 is 6.10 Å². The third-order valence-corrected chi connectivity index (χ3v) is 2.19. The first-order valence-corrected chi connectivity index (χ1v) is 5.35. The Morgan fingerprint density at radius 3 is 2.60 bits per heavy atom. The lowest BCUT2D eigenvalue weighted by Crippen LogP contribution is -2.28. The van der Waals surface area contributed by atoms with Crippen LogP contribution in [0.4, 0.5) is 4.39 Å². The highest BCUT2D eigenvalue weighted by Crippen LogP contribution is 2.05. The second-order valence-electron chi connectivity index (χ2n) is 3.69. The van der Waals surface area contributed by atoms with Gasteiger partial charge >= 0.3 is 0 Å². The number of hydrogen-bond acceptors (Lipinski definition) is 2. The van der Waals surface area contributed by atoms with Crippen LogP contribution < -0.4 is 5.32 Å². The van der Waals surface area contributed by atoms with Crippen molar-refractivity contribution in [2.75, 3.05) is 13.1 Å². The third kappa shape index (κ3) is 4.91. The van der Waals surface area contributed by atoms with Crippen LogP contribution in [0.15, 0.2) is 24.3 Å². The van der Waals surface area contributed by atoms with Gasteiger partial charge in [-0.3, -0.25) is 0 Å². The summed E-state index contributed by atoms with van der Waals surface area (Å²) in [6.07, 6.45) is 1.22. The Kier molecular flexibility index (Phi) is 5.29. The Hall–Kier alpha value is -0.930. The zero-order valence-electron chi connectivity index (χ0n) is 9.04. The van der Waals surface area contributed by atoms with E-state index in [1.165, 1.54) is 12.1 Å². The van der Waals surface area contributed by atoms with Gasteiger partial charge in [0.25, 0.3) is 0 Å². The largest absolute Gasteiger partial charge is 0.391 e. The lowest BCUT2D eigenvalue weighted by Gasteiger charge is -2.11. The van der Waals surface area contributed by atoms with E-state index in [1.54, 1.807) is 12.1 Å². The summed E-state index contributed by atoms with van der Waals surface area (Å²) in [6.45, 7) is 3.59. The Morgan fingerprint density at radius 2 is 2.00 bits per heavy atom. The van der Waals surface area contributed by atoms with Gasteiger partial charge in [0.2, 0.25) is 0 Å². The van der Waals surface area contributed by atoms with Gasteiger partial charge in [-0.1, -0.05) is 19.1 Å². The van der Waals surface area contributed by atoms with Gasteiger partial charge in [-0.15, -0.1) is 0 Å². The zero-order chi connectivity index (χ0) is 11.1. The summed E-state index contributed by atoms with van der Waals surface area (Å²) in [7, 11) is 0. The van der Waals surface area contributed by atoms with Gasteiger partial charge < -0.3 is 10.4 Å². The molecule has 0 saturated carbocycles. The van der Waals surface area contributed by atoms with E-state index in [0.717, 1.165) is 18.5 Å². The molecule has 0 heterocycles. The van der Waals surface area contributed by atoms with Crippen LogP contribution >= 0.6 is 0 Å². The van der Waals surface area contributed by atoms with Crippen LogP contribution in [-0.4, -0.2) is 24.3 Å². The molecule has 3 heteroatoms. The molecule has 0 spiro atoms. The summed E-state index contributed by atoms with van der Waals surface area (Å²) in [5.41, 5.74) is 0.960. The predicted octanol–water partition coefficient (Wildman–Crippen LogP) is 1.73. The fourth-order valence-corrected chi connectivity index (χ4v) is 1.41. The van der Waals surface area contributed by atoms with E-state index in [1.807, 2.05) is 0 Å². The first-order chi connectivity index (χ1) is 7.22. The van der Waals surface area contributed by atoms with Gasteiger partial charge in [0.05, 0.1) is 6.10 Å². The molecule has 1 unspecified atom stereocenters. The molecule has 0 bridgehead atoms. The lowest BCUT2D eigenvalue weighted by molar-refractivity contribution is 0.172. The summed E-state index contributed by atoms with van der Waals surface area (Å²) in [5.74, 6) is -0.239. The summed E-state index contributed by atoms with van der Waals surface area (Å²) < 4.78 is 12.6. The molecule has 1 rings (SSSR count). The number of halogens is 1. The first-order valence-electron chi connectivity index (χ1n) is 5.35. The van der Waals surface area contributed by atoms with Gasteiger partial charge in [-0.2, -0.15) is 0 Å². The molecule has 2 nitrogen and oxygen atoms in total. The molecule has 0 amide bonds. The molecule has 0 aliphatic rings. The average molecular weight is 211 g/mol. The van der Waals surface area contributed by atoms with Crippen molar-refractivity contribution in [1.29, 1.82) is 0 Å². The second-order valence-corrected chi connectivity index (χ2v) is 3.69. The number of hydrogen-bond donors (Lipinski definition) is 2. The summed E-state index contributed by atoms with van der Waals surface area (Å²) in [5, 5.41) is 12.8. The third-order valence-electron chi connectivity index (χ3n) is 2.19. The molecule has 0 radical (unpaired) electrons. The normalized spacial score (nSPS) is 12.7. The molecule has 0 fully saturated rings. The highest BCUT2D eigenvalue weighted by molar-refractivity contribution is 5.16. The van der Waals surface area contributed by atoms with E-state index in [-0.39, 0.29) is 5.82 Å². The Labute approximate surface area is 90.1 Å². The van der Waals surface area contributed by atoms with E-state index in [9.17, 15) is 9.50 Å². The lowest BCUT2D eigenvalue weighted by atomic mass is 10.1. The van der Waals surface area contributed by atoms with Crippen molar-refractivity contribution in [1.82, 2.24) is 5.32 Å². The number of rotatable bonds is 6. The average Bonchev–Trinajstić information content (AvgIpc) is 2.22. The number of benzene rings is 1. The van der Waals surface area contributed by atoms with Gasteiger partial charge in [0.1, 0.15) is 5.82 Å². The SMILES string of the molecule is CCCNCC(O)Cc1ccc(F)cc1. The van der Waals surface area contributed by atoms with Crippen molar-refractivity contribution in [2.24, 2.45) is 0 Å². The minimum Gasteiger partial charge on any atom is -0.391 e. The quantitative estimate of drug-likeness (QED) is 0.702. The molecule has 2 N–H and O–H groups in total. The molecule has 0 aromatic heterocycles. The van der Waals surface area contributed by atoms with Crippen LogP contribution in [0.5, 0.6) is 0 Å². The van der Waals surface area contributed by atoms with E-state index >= 15 is 0 Å². The van der Waals surface area contributed by atoms with Crippen LogP contribution in [0.25, 0.3) is 0 Å². The molecular formula is C12H18FNO. The number of nitrogens with one attached hydrogen (secondary N) is 1. The molecule has 1 atom stereocenters. The van der Waals surface area contributed by atoms with Gasteiger partial charge in [0, 0.05) is 6.54 Å². The smallest absolute Gasteiger partial charge is 0.123 e. The van der Waals surface area contributed by atoms with Gasteiger partial charge in [0.15, 0.2) is 0 Å². The summed E-state index contributed by atoms with van der Waals surface area (Å²) in [6, 6.07) is 6.25. The van der Waals surface area contributed by atoms with Crippen LogP contribution in [0.1, 0.15) is 18.9 Å². The van der Waals surface area contributed by atoms with Crippen molar-refractivity contribution >= 4 is 0 Å². The van der Waals surface area contributed by atoms with Gasteiger partial charge in [-0.25, -0.2) is 4.39 Å². The standard InChI is InChI=1S/C12H18FNO/c1-2-7-14-9-12(15)8-10-3-5-11(13)6-4-10/h3-6,12,14-15H,2,7-9H2,1H3. The Morgan fingerprint density at radius 1 is 1.33 bits per heavy atom. The molecule has 0 aliphatic carbocycles. The molecular weight excluding hydrogens is 193 g/mol. The number of aliphatic hydroxyl groups excluding tert-OH is 1. The highest BCUT2D eigenvalue weighted by atomic mass is 19.1. The Bertz CT molecular complexity index is 273. The first kappa shape index (κ1) is 12.1. The summed E-state index contributed by atoms with van der Waals surface area (Å²) in [4.78, 5) is 0. The summed E-state index contributed by atoms with van der Waals surface area (Å²) >= 11 is 0. The molecule has 0 aliphatic heterocycles. The van der Waals surface area contributed by atoms with Crippen molar-refractivity contribution in [2.45, 2.75) is 25.9 Å².